The van der Waals surface area contributed by atoms with Gasteiger partial charge in [-0.1, -0.05) is 17.7 Å². The van der Waals surface area contributed by atoms with Crippen molar-refractivity contribution in [1.82, 2.24) is 4.31 Å². The first kappa shape index (κ1) is 14.1. The summed E-state index contributed by atoms with van der Waals surface area (Å²) in [7, 11) is -3.48. The minimum atomic E-state index is -3.48. The molecular weight excluding hydrogens is 297 g/mol. The van der Waals surface area contributed by atoms with E-state index in [1.807, 2.05) is 0 Å². The molecule has 1 aromatic carbocycles. The molecule has 4 nitrogen and oxygen atoms in total. The Labute approximate surface area is 116 Å². The van der Waals surface area contributed by atoms with Crippen LogP contribution in [0.3, 0.4) is 0 Å². The number of benzene rings is 1. The lowest BCUT2D eigenvalue weighted by Gasteiger charge is -2.26. The molecule has 0 saturated carbocycles. The number of hydrogen-bond donors (Lipinski definition) is 0. The summed E-state index contributed by atoms with van der Waals surface area (Å²) in [5.74, 6) is 0.261. The highest BCUT2D eigenvalue weighted by Gasteiger charge is 2.26. The van der Waals surface area contributed by atoms with E-state index in [-0.39, 0.29) is 10.8 Å². The molecule has 1 heterocycles. The van der Waals surface area contributed by atoms with E-state index in [1.165, 1.54) is 16.4 Å². The fraction of sp³-hybridized carbons (Fsp3) is 0.455. The standard InChI is InChI=1S/C11H13Cl2NO3S/c12-8-9-1-2-10(7-11(9)13)18(15,16)14-3-5-17-6-4-14/h1-2,7H,3-6,8H2. The monoisotopic (exact) mass is 309 g/mol. The van der Waals surface area contributed by atoms with E-state index in [2.05, 4.69) is 0 Å². The van der Waals surface area contributed by atoms with Crippen molar-refractivity contribution < 1.29 is 13.2 Å². The van der Waals surface area contributed by atoms with Crippen LogP contribution in [0.5, 0.6) is 0 Å². The van der Waals surface area contributed by atoms with Crippen LogP contribution in [-0.4, -0.2) is 39.0 Å². The van der Waals surface area contributed by atoms with E-state index in [4.69, 9.17) is 27.9 Å². The van der Waals surface area contributed by atoms with Gasteiger partial charge < -0.3 is 4.74 Å². The Bertz CT molecular complexity index is 527. The van der Waals surface area contributed by atoms with Gasteiger partial charge in [0.05, 0.1) is 18.1 Å². The van der Waals surface area contributed by atoms with Crippen LogP contribution in [0.2, 0.25) is 5.02 Å². The first-order valence-corrected chi connectivity index (χ1v) is 7.83. The van der Waals surface area contributed by atoms with Crippen molar-refractivity contribution in [2.45, 2.75) is 10.8 Å². The van der Waals surface area contributed by atoms with Crippen LogP contribution in [0.25, 0.3) is 0 Å². The number of hydrogen-bond acceptors (Lipinski definition) is 3. The van der Waals surface area contributed by atoms with Gasteiger partial charge in [-0.15, -0.1) is 11.6 Å². The highest BCUT2D eigenvalue weighted by atomic mass is 35.5. The van der Waals surface area contributed by atoms with E-state index in [1.54, 1.807) is 6.07 Å². The van der Waals surface area contributed by atoms with E-state index in [0.717, 1.165) is 5.56 Å². The lowest BCUT2D eigenvalue weighted by atomic mass is 10.2. The lowest BCUT2D eigenvalue weighted by Crippen LogP contribution is -2.40. The average Bonchev–Trinajstić information content (AvgIpc) is 2.39. The molecule has 0 amide bonds. The van der Waals surface area contributed by atoms with Crippen molar-refractivity contribution >= 4 is 33.2 Å². The van der Waals surface area contributed by atoms with Crippen molar-refractivity contribution in [3.8, 4) is 0 Å². The summed E-state index contributed by atoms with van der Waals surface area (Å²) in [4.78, 5) is 0.197. The molecule has 1 saturated heterocycles. The highest BCUT2D eigenvalue weighted by Crippen LogP contribution is 2.24. The molecule has 7 heteroatoms. The molecule has 0 spiro atoms. The summed E-state index contributed by atoms with van der Waals surface area (Å²) in [6.45, 7) is 1.59. The van der Waals surface area contributed by atoms with Gasteiger partial charge in [0.15, 0.2) is 0 Å². The maximum atomic E-state index is 12.3. The number of ether oxygens (including phenoxy) is 1. The van der Waals surface area contributed by atoms with Gasteiger partial charge in [0.1, 0.15) is 0 Å². The molecule has 0 aliphatic carbocycles. The first-order valence-electron chi connectivity index (χ1n) is 5.48. The topological polar surface area (TPSA) is 46.6 Å². The molecule has 1 aliphatic rings. The molecule has 1 aliphatic heterocycles. The quantitative estimate of drug-likeness (QED) is 0.803. The van der Waals surface area contributed by atoms with E-state index in [9.17, 15) is 8.42 Å². The van der Waals surface area contributed by atoms with E-state index >= 15 is 0 Å². The average molecular weight is 310 g/mol. The SMILES string of the molecule is O=S(=O)(c1ccc(CCl)c(Cl)c1)N1CCOCC1. The number of sulfonamides is 1. The Kier molecular flexibility index (Phi) is 4.50. The normalized spacial score (nSPS) is 17.9. The van der Waals surface area contributed by atoms with Crippen LogP contribution in [0, 0.1) is 0 Å². The number of rotatable bonds is 3. The van der Waals surface area contributed by atoms with E-state index < -0.39 is 10.0 Å². The van der Waals surface area contributed by atoms with Gasteiger partial charge in [-0.3, -0.25) is 0 Å². The zero-order valence-corrected chi connectivity index (χ0v) is 11.9. The largest absolute Gasteiger partial charge is 0.379 e. The number of morpholine rings is 1. The molecule has 2 rings (SSSR count). The third-order valence-corrected chi connectivity index (χ3v) is 5.31. The lowest BCUT2D eigenvalue weighted by molar-refractivity contribution is 0.0730. The molecule has 0 unspecified atom stereocenters. The zero-order chi connectivity index (χ0) is 13.2. The Morgan fingerprint density at radius 3 is 2.50 bits per heavy atom. The number of halogens is 2. The molecule has 0 N–H and O–H groups in total. The number of nitrogens with zero attached hydrogens (tertiary/aromatic N) is 1. The van der Waals surface area contributed by atoms with Crippen molar-refractivity contribution in [2.75, 3.05) is 26.3 Å². The van der Waals surface area contributed by atoms with Crippen LogP contribution >= 0.6 is 23.2 Å². The first-order chi connectivity index (χ1) is 8.55. The summed E-state index contributed by atoms with van der Waals surface area (Å²) in [5.41, 5.74) is 0.722. The molecule has 0 aromatic heterocycles. The molecule has 1 fully saturated rings. The molecule has 0 atom stereocenters. The van der Waals surface area contributed by atoms with Gasteiger partial charge in [-0.2, -0.15) is 4.31 Å². The maximum Gasteiger partial charge on any atom is 0.243 e. The second-order valence-corrected chi connectivity index (χ2v) is 6.52. The second-order valence-electron chi connectivity index (χ2n) is 3.90. The molecular formula is C11H13Cl2NO3S. The molecule has 0 radical (unpaired) electrons. The van der Waals surface area contributed by atoms with Crippen LogP contribution in [0.15, 0.2) is 23.1 Å². The molecule has 18 heavy (non-hydrogen) atoms. The van der Waals surface area contributed by atoms with Gasteiger partial charge in [-0.05, 0) is 17.7 Å². The predicted molar refractivity (Wildman–Crippen MR) is 70.6 cm³/mol. The van der Waals surface area contributed by atoms with E-state index in [0.29, 0.717) is 31.3 Å². The fourth-order valence-corrected chi connectivity index (χ4v) is 3.78. The Hall–Kier alpha value is -0.330. The predicted octanol–water partition coefficient (Wildman–Crippen LogP) is 2.10. The smallest absolute Gasteiger partial charge is 0.243 e. The fourth-order valence-electron chi connectivity index (χ4n) is 1.73. The summed E-state index contributed by atoms with van der Waals surface area (Å²) < 4.78 is 31.2. The van der Waals surface area contributed by atoms with Gasteiger partial charge in [-0.25, -0.2) is 8.42 Å². The van der Waals surface area contributed by atoms with Crippen LogP contribution in [0.4, 0.5) is 0 Å². The van der Waals surface area contributed by atoms with Crippen molar-refractivity contribution in [3.63, 3.8) is 0 Å². The van der Waals surface area contributed by atoms with Gasteiger partial charge in [0.2, 0.25) is 10.0 Å². The van der Waals surface area contributed by atoms with Gasteiger partial charge >= 0.3 is 0 Å². The number of alkyl halides is 1. The third kappa shape index (κ3) is 2.81. The summed E-state index contributed by atoms with van der Waals surface area (Å²) >= 11 is 11.7. The third-order valence-electron chi connectivity index (χ3n) is 2.78. The molecule has 0 bridgehead atoms. The Morgan fingerprint density at radius 2 is 1.94 bits per heavy atom. The maximum absolute atomic E-state index is 12.3. The second kappa shape index (κ2) is 5.75. The van der Waals surface area contributed by atoms with Crippen molar-refractivity contribution in [2.24, 2.45) is 0 Å². The summed E-state index contributed by atoms with van der Waals surface area (Å²) in [6.07, 6.45) is 0. The summed E-state index contributed by atoms with van der Waals surface area (Å²) in [6, 6.07) is 4.63. The van der Waals surface area contributed by atoms with Crippen molar-refractivity contribution in [1.29, 1.82) is 0 Å². The van der Waals surface area contributed by atoms with Crippen LogP contribution in [-0.2, 0) is 20.6 Å². The minimum Gasteiger partial charge on any atom is -0.379 e. The van der Waals surface area contributed by atoms with Crippen molar-refractivity contribution in [3.05, 3.63) is 28.8 Å². The summed E-state index contributed by atoms with van der Waals surface area (Å²) in [5, 5.41) is 0.374. The Morgan fingerprint density at radius 1 is 1.28 bits per heavy atom. The Balaban J connectivity index is 2.32. The van der Waals surface area contributed by atoms with Crippen LogP contribution in [0.1, 0.15) is 5.56 Å². The van der Waals surface area contributed by atoms with Gasteiger partial charge in [0, 0.05) is 24.0 Å². The molecule has 100 valence electrons. The highest BCUT2D eigenvalue weighted by molar-refractivity contribution is 7.89. The van der Waals surface area contributed by atoms with Crippen LogP contribution < -0.4 is 0 Å². The zero-order valence-electron chi connectivity index (χ0n) is 9.60. The van der Waals surface area contributed by atoms with Gasteiger partial charge in [0.25, 0.3) is 0 Å². The minimum absolute atomic E-state index is 0.197. The molecule has 1 aromatic rings.